The monoisotopic (exact) mass is 714 g/mol. The quantitative estimate of drug-likeness (QED) is 0.200. The fraction of sp³-hybridized carbons (Fsp3) is 0.450. The van der Waals surface area contributed by atoms with Gasteiger partial charge < -0.3 is 30.1 Å². The average Bonchev–Trinajstić information content (AvgIpc) is 3.13. The molecule has 0 aliphatic carbocycles. The van der Waals surface area contributed by atoms with E-state index in [0.717, 1.165) is 29.0 Å². The van der Waals surface area contributed by atoms with E-state index in [1.54, 1.807) is 36.4 Å². The number of phenols is 2. The van der Waals surface area contributed by atoms with Crippen molar-refractivity contribution < 1.29 is 39.0 Å². The van der Waals surface area contributed by atoms with E-state index in [2.05, 4.69) is 19.2 Å². The molecule has 5 rings (SSSR count). The van der Waals surface area contributed by atoms with Gasteiger partial charge in [-0.05, 0) is 59.7 Å². The first-order valence-electron chi connectivity index (χ1n) is 18.2. The largest absolute Gasteiger partial charge is 0.508 e. The Morgan fingerprint density at radius 1 is 0.865 bits per heavy atom. The van der Waals surface area contributed by atoms with Crippen molar-refractivity contribution in [1.29, 1.82) is 0 Å². The smallest absolute Gasteiger partial charge is 0.436 e. The maximum Gasteiger partial charge on any atom is 0.436 e. The molecule has 3 aromatic rings. The van der Waals surface area contributed by atoms with Gasteiger partial charge in [0.05, 0.1) is 13.2 Å². The molecule has 278 valence electrons. The van der Waals surface area contributed by atoms with Gasteiger partial charge in [0.2, 0.25) is 11.8 Å². The molecule has 0 aromatic heterocycles. The van der Waals surface area contributed by atoms with Crippen molar-refractivity contribution in [2.24, 2.45) is 5.92 Å². The Labute approximate surface area is 305 Å². The molecule has 12 heteroatoms. The number of rotatable bonds is 15. The van der Waals surface area contributed by atoms with E-state index < -0.39 is 42.3 Å². The highest BCUT2D eigenvalue weighted by Gasteiger charge is 2.55. The number of piperazine rings is 1. The van der Waals surface area contributed by atoms with Crippen LogP contribution in [0, 0.1) is 5.92 Å². The molecule has 2 fully saturated rings. The van der Waals surface area contributed by atoms with E-state index in [1.165, 1.54) is 21.9 Å². The molecule has 12 nitrogen and oxygen atoms in total. The second-order valence-corrected chi connectivity index (χ2v) is 13.9. The number of phenolic OH excluding ortho intramolecular Hbond substituents is 2. The summed E-state index contributed by atoms with van der Waals surface area (Å²) in [6.07, 6.45) is 0.178. The number of unbranched alkanes of at least 4 members (excludes halogenated alkanes) is 1. The third-order valence-corrected chi connectivity index (χ3v) is 9.52. The lowest BCUT2D eigenvalue weighted by Gasteiger charge is -2.53. The standard InChI is InChI=1S/C40H50N4O8/c1-4-5-11-33(37(47)41-22-20-27(2)3)42-26-36-43(34(38(42)48)24-30-14-18-32(46)19-15-30)39(49)35(25-29-9-7-6-8-10-29)52-44(36)40(50)51-23-21-28-12-16-31(45)17-13-28/h6-10,12-19,27,33-36,45-46H,4-5,11,20-26H2,1-3H3,(H,41,47)/t33-,34-,35+,36?/m0/s1. The number of nitrogens with zero attached hydrogens (tertiary/aromatic N) is 3. The summed E-state index contributed by atoms with van der Waals surface area (Å²) in [4.78, 5) is 66.1. The van der Waals surface area contributed by atoms with Crippen LogP contribution in [-0.2, 0) is 43.2 Å². The summed E-state index contributed by atoms with van der Waals surface area (Å²) in [5.74, 6) is -0.586. The van der Waals surface area contributed by atoms with Crippen LogP contribution in [0.5, 0.6) is 11.5 Å². The topological polar surface area (TPSA) is 149 Å². The zero-order valence-corrected chi connectivity index (χ0v) is 30.1. The number of hydroxylamine groups is 2. The van der Waals surface area contributed by atoms with Crippen molar-refractivity contribution in [3.63, 3.8) is 0 Å². The molecule has 2 aliphatic rings. The molecule has 52 heavy (non-hydrogen) atoms. The fourth-order valence-corrected chi connectivity index (χ4v) is 6.63. The Balaban J connectivity index is 1.50. The maximum atomic E-state index is 14.7. The minimum atomic E-state index is -1.14. The van der Waals surface area contributed by atoms with Gasteiger partial charge in [0, 0.05) is 25.8 Å². The summed E-state index contributed by atoms with van der Waals surface area (Å²) in [7, 11) is 0. The predicted octanol–water partition coefficient (Wildman–Crippen LogP) is 4.96. The number of aromatic hydroxyl groups is 2. The lowest BCUT2D eigenvalue weighted by Crippen LogP contribution is -2.75. The SMILES string of the molecule is CCCC[C@@H](C(=O)NCCC(C)C)N1CC2N(C(=O)OCCc3ccc(O)cc3)O[C@H](Cc3ccccc3)C(=O)N2[C@@H](Cc2ccc(O)cc2)C1=O. The van der Waals surface area contributed by atoms with Crippen molar-refractivity contribution in [2.75, 3.05) is 19.7 Å². The Morgan fingerprint density at radius 3 is 2.13 bits per heavy atom. The second kappa shape index (κ2) is 17.9. The first-order valence-corrected chi connectivity index (χ1v) is 18.2. The van der Waals surface area contributed by atoms with Gasteiger partial charge >= 0.3 is 6.09 Å². The fourth-order valence-electron chi connectivity index (χ4n) is 6.63. The van der Waals surface area contributed by atoms with Gasteiger partial charge in [0.25, 0.3) is 5.91 Å². The molecular weight excluding hydrogens is 664 g/mol. The van der Waals surface area contributed by atoms with Crippen molar-refractivity contribution in [3.8, 4) is 11.5 Å². The number of carbonyl (C=O) groups is 4. The normalized spacial score (nSPS) is 19.4. The summed E-state index contributed by atoms with van der Waals surface area (Å²) in [6.45, 7) is 6.44. The van der Waals surface area contributed by atoms with Crippen LogP contribution >= 0.6 is 0 Å². The predicted molar refractivity (Wildman–Crippen MR) is 194 cm³/mol. The van der Waals surface area contributed by atoms with E-state index in [1.807, 2.05) is 37.3 Å². The van der Waals surface area contributed by atoms with Crippen LogP contribution in [-0.4, -0.2) is 92.9 Å². The van der Waals surface area contributed by atoms with Crippen molar-refractivity contribution in [3.05, 3.63) is 95.6 Å². The molecular formula is C40H50N4O8. The number of nitrogens with one attached hydrogen (secondary N) is 1. The summed E-state index contributed by atoms with van der Waals surface area (Å²) >= 11 is 0. The molecule has 0 saturated carbocycles. The molecule has 0 bridgehead atoms. The van der Waals surface area contributed by atoms with Gasteiger partial charge in [-0.25, -0.2) is 4.79 Å². The first-order chi connectivity index (χ1) is 25.0. The number of ether oxygens (including phenoxy) is 1. The summed E-state index contributed by atoms with van der Waals surface area (Å²) < 4.78 is 5.73. The summed E-state index contributed by atoms with van der Waals surface area (Å²) in [5, 5.41) is 23.7. The van der Waals surface area contributed by atoms with Gasteiger partial charge in [0.1, 0.15) is 23.6 Å². The Kier molecular flexibility index (Phi) is 13.1. The van der Waals surface area contributed by atoms with Crippen LogP contribution in [0.25, 0.3) is 0 Å². The van der Waals surface area contributed by atoms with Crippen molar-refractivity contribution in [2.45, 2.75) is 90.1 Å². The highest BCUT2D eigenvalue weighted by atomic mass is 16.7. The van der Waals surface area contributed by atoms with Gasteiger partial charge in [-0.3, -0.25) is 19.2 Å². The zero-order chi connectivity index (χ0) is 37.2. The highest BCUT2D eigenvalue weighted by molar-refractivity contribution is 5.95. The van der Waals surface area contributed by atoms with Gasteiger partial charge in [-0.15, -0.1) is 0 Å². The van der Waals surface area contributed by atoms with E-state index >= 15 is 0 Å². The van der Waals surface area contributed by atoms with E-state index in [4.69, 9.17) is 9.57 Å². The first kappa shape index (κ1) is 38.1. The Bertz CT molecular complexity index is 1650. The van der Waals surface area contributed by atoms with Gasteiger partial charge in [-0.2, -0.15) is 5.06 Å². The van der Waals surface area contributed by atoms with Gasteiger partial charge in [0.15, 0.2) is 12.3 Å². The minimum absolute atomic E-state index is 0.00947. The molecule has 1 unspecified atom stereocenters. The molecule has 2 heterocycles. The Morgan fingerprint density at radius 2 is 1.50 bits per heavy atom. The molecule has 3 N–H and O–H groups in total. The molecule has 2 aliphatic heterocycles. The molecule has 0 radical (unpaired) electrons. The highest BCUT2D eigenvalue weighted by Crippen LogP contribution is 2.32. The van der Waals surface area contributed by atoms with Crippen molar-refractivity contribution in [1.82, 2.24) is 20.2 Å². The molecule has 0 spiro atoms. The van der Waals surface area contributed by atoms with Crippen molar-refractivity contribution >= 4 is 23.8 Å². The Hall–Kier alpha value is -5.10. The van der Waals surface area contributed by atoms with Crippen LogP contribution in [0.4, 0.5) is 4.79 Å². The number of hydrogen-bond acceptors (Lipinski definition) is 8. The van der Waals surface area contributed by atoms with Crippen LogP contribution in [0.3, 0.4) is 0 Å². The summed E-state index contributed by atoms with van der Waals surface area (Å²) in [5.41, 5.74) is 2.33. The lowest BCUT2D eigenvalue weighted by atomic mass is 9.95. The van der Waals surface area contributed by atoms with E-state index in [9.17, 15) is 29.4 Å². The second-order valence-electron chi connectivity index (χ2n) is 13.9. The summed E-state index contributed by atoms with van der Waals surface area (Å²) in [6, 6.07) is 20.3. The molecule has 3 aromatic carbocycles. The lowest BCUT2D eigenvalue weighted by molar-refractivity contribution is -0.267. The van der Waals surface area contributed by atoms with E-state index in [0.29, 0.717) is 37.3 Å². The maximum absolute atomic E-state index is 14.7. The van der Waals surface area contributed by atoms with Crippen LogP contribution in [0.2, 0.25) is 0 Å². The number of benzene rings is 3. The van der Waals surface area contributed by atoms with Crippen LogP contribution in [0.15, 0.2) is 78.9 Å². The van der Waals surface area contributed by atoms with E-state index in [-0.39, 0.29) is 43.4 Å². The van der Waals surface area contributed by atoms with Gasteiger partial charge in [-0.1, -0.05) is 88.2 Å². The number of hydrogen-bond donors (Lipinski definition) is 3. The number of amides is 4. The third-order valence-electron chi connectivity index (χ3n) is 9.52. The minimum Gasteiger partial charge on any atom is -0.508 e. The van der Waals surface area contributed by atoms with Crippen LogP contribution < -0.4 is 5.32 Å². The molecule has 4 atom stereocenters. The number of fused-ring (bicyclic) bond motifs is 1. The number of carbonyl (C=O) groups excluding carboxylic acids is 4. The van der Waals surface area contributed by atoms with Crippen LogP contribution in [0.1, 0.15) is 63.1 Å². The zero-order valence-electron chi connectivity index (χ0n) is 30.1. The molecule has 2 saturated heterocycles. The molecule has 4 amide bonds. The average molecular weight is 715 g/mol. The third kappa shape index (κ3) is 9.61.